The first-order chi connectivity index (χ1) is 9.51. The molecule has 0 atom stereocenters. The number of nitriles is 1. The van der Waals surface area contributed by atoms with Gasteiger partial charge < -0.3 is 16.2 Å². The Hall–Kier alpha value is -3.07. The molecule has 0 aliphatic rings. The molecule has 0 aromatic heterocycles. The zero-order valence-corrected chi connectivity index (χ0v) is 10.3. The maximum absolute atomic E-state index is 13.6. The summed E-state index contributed by atoms with van der Waals surface area (Å²) in [6, 6.07) is 10.1. The lowest BCUT2D eigenvalue weighted by atomic mass is 10.2. The Labute approximate surface area is 114 Å². The monoisotopic (exact) mass is 271 g/mol. The summed E-state index contributed by atoms with van der Waals surface area (Å²) < 4.78 is 19.0. The number of nitrogens with zero attached hydrogens (tertiary/aromatic N) is 1. The number of halogens is 1. The van der Waals surface area contributed by atoms with Gasteiger partial charge in [0.25, 0.3) is 5.91 Å². The summed E-state index contributed by atoms with van der Waals surface area (Å²) >= 11 is 0. The fraction of sp³-hybridized carbons (Fsp3) is 0. The summed E-state index contributed by atoms with van der Waals surface area (Å²) in [5, 5.41) is 8.85. The van der Waals surface area contributed by atoms with Gasteiger partial charge in [0.1, 0.15) is 23.4 Å². The molecule has 0 aliphatic heterocycles. The first kappa shape index (κ1) is 13.4. The summed E-state index contributed by atoms with van der Waals surface area (Å²) in [6.45, 7) is 0. The van der Waals surface area contributed by atoms with E-state index in [1.54, 1.807) is 6.07 Å². The molecule has 0 saturated carbocycles. The van der Waals surface area contributed by atoms with Gasteiger partial charge in [0, 0.05) is 17.8 Å². The first-order valence-electron chi connectivity index (χ1n) is 5.58. The maximum Gasteiger partial charge on any atom is 0.251 e. The third-order valence-electron chi connectivity index (χ3n) is 2.59. The van der Waals surface area contributed by atoms with E-state index in [1.165, 1.54) is 24.3 Å². The second kappa shape index (κ2) is 5.28. The number of amides is 1. The second-order valence-electron chi connectivity index (χ2n) is 3.97. The third kappa shape index (κ3) is 2.67. The number of hydrogen-bond acceptors (Lipinski definition) is 4. The predicted molar refractivity (Wildman–Crippen MR) is 70.6 cm³/mol. The molecule has 5 nitrogen and oxygen atoms in total. The Kier molecular flexibility index (Phi) is 3.53. The van der Waals surface area contributed by atoms with E-state index in [-0.39, 0.29) is 16.9 Å². The number of ether oxygens (including phenoxy) is 1. The van der Waals surface area contributed by atoms with Gasteiger partial charge in [-0.2, -0.15) is 5.26 Å². The van der Waals surface area contributed by atoms with Crippen LogP contribution in [-0.2, 0) is 0 Å². The van der Waals surface area contributed by atoms with Crippen molar-refractivity contribution in [2.75, 3.05) is 5.73 Å². The fourth-order valence-electron chi connectivity index (χ4n) is 1.59. The Balaban J connectivity index is 2.29. The van der Waals surface area contributed by atoms with Crippen LogP contribution in [-0.4, -0.2) is 5.91 Å². The molecule has 0 bridgehead atoms. The molecule has 1 amide bonds. The molecular formula is C14H10FN3O2. The molecule has 0 spiro atoms. The smallest absolute Gasteiger partial charge is 0.251 e. The van der Waals surface area contributed by atoms with Crippen molar-refractivity contribution >= 4 is 11.6 Å². The number of carbonyl (C=O) groups is 1. The summed E-state index contributed by atoms with van der Waals surface area (Å²) in [5.74, 6) is -1.11. The van der Waals surface area contributed by atoms with E-state index < -0.39 is 11.7 Å². The normalized spacial score (nSPS) is 9.80. The molecule has 6 heteroatoms. The fourth-order valence-corrected chi connectivity index (χ4v) is 1.59. The largest absolute Gasteiger partial charge is 0.457 e. The Bertz CT molecular complexity index is 723. The minimum Gasteiger partial charge on any atom is -0.457 e. The number of anilines is 1. The van der Waals surface area contributed by atoms with Crippen molar-refractivity contribution in [3.05, 3.63) is 53.3 Å². The second-order valence-corrected chi connectivity index (χ2v) is 3.97. The molecule has 2 rings (SSSR count). The van der Waals surface area contributed by atoms with Gasteiger partial charge in [0.05, 0.1) is 11.1 Å². The Morgan fingerprint density at radius 2 is 1.85 bits per heavy atom. The van der Waals surface area contributed by atoms with E-state index in [2.05, 4.69) is 0 Å². The highest BCUT2D eigenvalue weighted by Crippen LogP contribution is 2.26. The topological polar surface area (TPSA) is 102 Å². The van der Waals surface area contributed by atoms with Crippen molar-refractivity contribution in [1.82, 2.24) is 0 Å². The molecular weight excluding hydrogens is 261 g/mol. The summed E-state index contributed by atoms with van der Waals surface area (Å²) in [4.78, 5) is 10.9. The molecule has 0 aliphatic carbocycles. The molecule has 100 valence electrons. The number of benzene rings is 2. The van der Waals surface area contributed by atoms with Crippen LogP contribution in [0.3, 0.4) is 0 Å². The van der Waals surface area contributed by atoms with Crippen molar-refractivity contribution in [3.8, 4) is 17.6 Å². The van der Waals surface area contributed by atoms with Crippen LogP contribution in [0.15, 0.2) is 36.4 Å². The van der Waals surface area contributed by atoms with E-state index in [0.717, 1.165) is 6.07 Å². The van der Waals surface area contributed by atoms with Crippen LogP contribution in [0.1, 0.15) is 15.9 Å². The highest BCUT2D eigenvalue weighted by molar-refractivity contribution is 5.93. The molecule has 0 fully saturated rings. The predicted octanol–water partition coefficient (Wildman–Crippen LogP) is 2.17. The molecule has 2 aromatic rings. The van der Waals surface area contributed by atoms with Crippen LogP contribution in [0, 0.1) is 17.1 Å². The Morgan fingerprint density at radius 3 is 2.45 bits per heavy atom. The van der Waals surface area contributed by atoms with Crippen molar-refractivity contribution in [2.24, 2.45) is 5.73 Å². The molecule has 4 N–H and O–H groups in total. The van der Waals surface area contributed by atoms with Crippen LogP contribution in [0.4, 0.5) is 10.1 Å². The van der Waals surface area contributed by atoms with E-state index in [9.17, 15) is 9.18 Å². The molecule has 0 radical (unpaired) electrons. The lowest BCUT2D eigenvalue weighted by Crippen LogP contribution is -2.12. The zero-order chi connectivity index (χ0) is 14.7. The van der Waals surface area contributed by atoms with Crippen LogP contribution in [0.2, 0.25) is 0 Å². The average Bonchev–Trinajstić information content (AvgIpc) is 2.40. The third-order valence-corrected chi connectivity index (χ3v) is 2.59. The van der Waals surface area contributed by atoms with Gasteiger partial charge in [-0.3, -0.25) is 4.79 Å². The SMILES string of the molecule is N#Cc1cc(Oc2ccc(C(N)=O)c(F)c2)ccc1N. The Morgan fingerprint density at radius 1 is 1.20 bits per heavy atom. The molecule has 0 unspecified atom stereocenters. The summed E-state index contributed by atoms with van der Waals surface area (Å²) in [7, 11) is 0. The highest BCUT2D eigenvalue weighted by atomic mass is 19.1. The quantitative estimate of drug-likeness (QED) is 0.835. The highest BCUT2D eigenvalue weighted by Gasteiger charge is 2.10. The molecule has 0 heterocycles. The molecule has 0 saturated heterocycles. The zero-order valence-electron chi connectivity index (χ0n) is 10.3. The number of hydrogen-bond donors (Lipinski definition) is 2. The lowest BCUT2D eigenvalue weighted by Gasteiger charge is -2.08. The molecule has 2 aromatic carbocycles. The van der Waals surface area contributed by atoms with E-state index in [4.69, 9.17) is 21.5 Å². The van der Waals surface area contributed by atoms with Crippen molar-refractivity contribution in [1.29, 1.82) is 5.26 Å². The minimum atomic E-state index is -0.853. The van der Waals surface area contributed by atoms with Gasteiger partial charge in [-0.05, 0) is 24.3 Å². The van der Waals surface area contributed by atoms with Gasteiger partial charge >= 0.3 is 0 Å². The number of carbonyl (C=O) groups excluding carboxylic acids is 1. The van der Waals surface area contributed by atoms with Gasteiger partial charge in [-0.15, -0.1) is 0 Å². The van der Waals surface area contributed by atoms with Crippen LogP contribution in [0.5, 0.6) is 11.5 Å². The van der Waals surface area contributed by atoms with Crippen LogP contribution < -0.4 is 16.2 Å². The number of nitrogens with two attached hydrogens (primary N) is 2. The maximum atomic E-state index is 13.6. The van der Waals surface area contributed by atoms with Crippen LogP contribution >= 0.6 is 0 Å². The van der Waals surface area contributed by atoms with E-state index in [0.29, 0.717) is 11.4 Å². The standard InChI is InChI=1S/C14H10FN3O2/c15-12-6-10(1-3-11(12)14(18)19)20-9-2-4-13(17)8(5-9)7-16/h1-6H,17H2,(H2,18,19). The minimum absolute atomic E-state index is 0.182. The number of primary amides is 1. The number of nitrogen functional groups attached to an aromatic ring is 1. The summed E-state index contributed by atoms with van der Waals surface area (Å²) in [6.07, 6.45) is 0. The van der Waals surface area contributed by atoms with Crippen molar-refractivity contribution < 1.29 is 13.9 Å². The van der Waals surface area contributed by atoms with Gasteiger partial charge in [-0.1, -0.05) is 0 Å². The van der Waals surface area contributed by atoms with E-state index in [1.807, 2.05) is 6.07 Å². The lowest BCUT2D eigenvalue weighted by molar-refractivity contribution is 0.0996. The average molecular weight is 271 g/mol. The number of rotatable bonds is 3. The van der Waals surface area contributed by atoms with Crippen molar-refractivity contribution in [3.63, 3.8) is 0 Å². The van der Waals surface area contributed by atoms with Gasteiger partial charge in [0.2, 0.25) is 0 Å². The summed E-state index contributed by atoms with van der Waals surface area (Å²) in [5.41, 5.74) is 11.0. The van der Waals surface area contributed by atoms with Crippen LogP contribution in [0.25, 0.3) is 0 Å². The van der Waals surface area contributed by atoms with Gasteiger partial charge in [-0.25, -0.2) is 4.39 Å². The van der Waals surface area contributed by atoms with Crippen molar-refractivity contribution in [2.45, 2.75) is 0 Å². The molecule has 20 heavy (non-hydrogen) atoms. The van der Waals surface area contributed by atoms with E-state index >= 15 is 0 Å². The van der Waals surface area contributed by atoms with Gasteiger partial charge in [0.15, 0.2) is 0 Å². The first-order valence-corrected chi connectivity index (χ1v) is 5.58.